The van der Waals surface area contributed by atoms with E-state index in [1.807, 2.05) is 24.3 Å². The number of nitrogens with one attached hydrogen (secondary N) is 2. The maximum atomic E-state index is 13.7. The molecular weight excluding hydrogens is 491 g/mol. The molecule has 3 aromatic carbocycles. The second kappa shape index (κ2) is 11.2. The summed E-state index contributed by atoms with van der Waals surface area (Å²) in [5, 5.41) is 5.64. The van der Waals surface area contributed by atoms with E-state index in [0.717, 1.165) is 11.3 Å². The van der Waals surface area contributed by atoms with Crippen molar-refractivity contribution in [3.05, 3.63) is 101 Å². The SMILES string of the molecule is COc1cccc(CCC2=C(C(=O)OCc3cccc(F)c3)C(c3ccc4c(c3)OCCO4)NC(=O)N2)c1. The summed E-state index contributed by atoms with van der Waals surface area (Å²) in [7, 11) is 1.60. The molecule has 1 atom stereocenters. The number of rotatable bonds is 8. The minimum atomic E-state index is -0.792. The van der Waals surface area contributed by atoms with Gasteiger partial charge in [-0.1, -0.05) is 30.3 Å². The highest BCUT2D eigenvalue weighted by molar-refractivity contribution is 5.95. The van der Waals surface area contributed by atoms with Crippen LogP contribution in [0.25, 0.3) is 0 Å². The standard InChI is InChI=1S/C29H27FN2O6/c1-35-22-7-3-4-18(15-22)8-10-23-26(28(33)38-17-19-5-2-6-21(30)14-19)27(32-29(34)31-23)20-9-11-24-25(16-20)37-13-12-36-24/h2-7,9,11,14-16,27H,8,10,12-13,17H2,1H3,(H2,31,32,34). The van der Waals surface area contributed by atoms with Gasteiger partial charge < -0.3 is 29.6 Å². The van der Waals surface area contributed by atoms with Gasteiger partial charge in [-0.25, -0.2) is 14.0 Å². The number of urea groups is 1. The number of carbonyl (C=O) groups excluding carboxylic acids is 2. The first-order chi connectivity index (χ1) is 18.5. The molecule has 0 bridgehead atoms. The summed E-state index contributed by atoms with van der Waals surface area (Å²) in [5.41, 5.74) is 2.84. The smallest absolute Gasteiger partial charge is 0.338 e. The first-order valence-corrected chi connectivity index (χ1v) is 12.2. The van der Waals surface area contributed by atoms with E-state index in [-0.39, 0.29) is 12.2 Å². The van der Waals surface area contributed by atoms with Gasteiger partial charge in [-0.05, 0) is 65.9 Å². The van der Waals surface area contributed by atoms with Gasteiger partial charge in [0.15, 0.2) is 11.5 Å². The second-order valence-electron chi connectivity index (χ2n) is 8.88. The maximum absolute atomic E-state index is 13.7. The molecule has 2 aliphatic heterocycles. The number of hydrogen-bond donors (Lipinski definition) is 2. The molecule has 0 saturated carbocycles. The van der Waals surface area contributed by atoms with Crippen molar-refractivity contribution >= 4 is 12.0 Å². The Morgan fingerprint density at radius 3 is 2.58 bits per heavy atom. The van der Waals surface area contributed by atoms with E-state index < -0.39 is 23.9 Å². The van der Waals surface area contributed by atoms with Gasteiger partial charge in [0.25, 0.3) is 0 Å². The van der Waals surface area contributed by atoms with Crippen LogP contribution < -0.4 is 24.8 Å². The lowest BCUT2D eigenvalue weighted by atomic mass is 9.92. The molecule has 38 heavy (non-hydrogen) atoms. The molecule has 0 aliphatic carbocycles. The molecule has 2 N–H and O–H groups in total. The minimum absolute atomic E-state index is 0.120. The molecule has 0 saturated heterocycles. The van der Waals surface area contributed by atoms with Crippen LogP contribution in [0.3, 0.4) is 0 Å². The Morgan fingerprint density at radius 1 is 0.974 bits per heavy atom. The Balaban J connectivity index is 1.47. The van der Waals surface area contributed by atoms with Gasteiger partial charge in [0.05, 0.1) is 18.7 Å². The number of fused-ring (bicyclic) bond motifs is 1. The molecule has 0 fully saturated rings. The molecular formula is C29H27FN2O6. The van der Waals surface area contributed by atoms with E-state index >= 15 is 0 Å². The van der Waals surface area contributed by atoms with Gasteiger partial charge in [-0.2, -0.15) is 0 Å². The van der Waals surface area contributed by atoms with Gasteiger partial charge in [-0.3, -0.25) is 0 Å². The van der Waals surface area contributed by atoms with Crippen molar-refractivity contribution in [1.29, 1.82) is 0 Å². The van der Waals surface area contributed by atoms with Crippen LogP contribution >= 0.6 is 0 Å². The molecule has 8 nitrogen and oxygen atoms in total. The number of amides is 2. The molecule has 2 amide bonds. The second-order valence-corrected chi connectivity index (χ2v) is 8.88. The van der Waals surface area contributed by atoms with Crippen LogP contribution in [-0.4, -0.2) is 32.3 Å². The molecule has 0 aromatic heterocycles. The molecule has 2 aliphatic rings. The zero-order chi connectivity index (χ0) is 26.5. The third-order valence-corrected chi connectivity index (χ3v) is 6.33. The van der Waals surface area contributed by atoms with Gasteiger partial charge in [0.2, 0.25) is 0 Å². The van der Waals surface area contributed by atoms with Crippen LogP contribution in [0.15, 0.2) is 78.0 Å². The third kappa shape index (κ3) is 5.72. The van der Waals surface area contributed by atoms with Crippen molar-refractivity contribution in [2.45, 2.75) is 25.5 Å². The number of ether oxygens (including phenoxy) is 4. The Morgan fingerprint density at radius 2 is 1.76 bits per heavy atom. The number of aryl methyl sites for hydroxylation is 1. The fraction of sp³-hybridized carbons (Fsp3) is 0.241. The molecule has 0 spiro atoms. The van der Waals surface area contributed by atoms with E-state index in [4.69, 9.17) is 18.9 Å². The Bertz CT molecular complexity index is 1390. The molecule has 0 radical (unpaired) electrons. The predicted molar refractivity (Wildman–Crippen MR) is 136 cm³/mol. The average Bonchev–Trinajstić information content (AvgIpc) is 2.94. The number of benzene rings is 3. The zero-order valence-corrected chi connectivity index (χ0v) is 20.8. The zero-order valence-electron chi connectivity index (χ0n) is 20.8. The summed E-state index contributed by atoms with van der Waals surface area (Å²) in [6.45, 7) is 0.729. The summed E-state index contributed by atoms with van der Waals surface area (Å²) in [5.74, 6) is 0.805. The highest BCUT2D eigenvalue weighted by atomic mass is 19.1. The van der Waals surface area contributed by atoms with Crippen molar-refractivity contribution in [1.82, 2.24) is 10.6 Å². The number of hydrogen-bond acceptors (Lipinski definition) is 6. The van der Waals surface area contributed by atoms with E-state index in [2.05, 4.69) is 10.6 Å². The molecule has 5 rings (SSSR count). The van der Waals surface area contributed by atoms with Crippen LogP contribution in [0, 0.1) is 5.82 Å². The van der Waals surface area contributed by atoms with Gasteiger partial charge >= 0.3 is 12.0 Å². The maximum Gasteiger partial charge on any atom is 0.338 e. The quantitative estimate of drug-likeness (QED) is 0.424. The van der Waals surface area contributed by atoms with Gasteiger partial charge in [-0.15, -0.1) is 0 Å². The Labute approximate surface area is 219 Å². The van der Waals surface area contributed by atoms with E-state index in [1.165, 1.54) is 12.1 Å². The van der Waals surface area contributed by atoms with Gasteiger partial charge in [0, 0.05) is 5.70 Å². The van der Waals surface area contributed by atoms with E-state index in [9.17, 15) is 14.0 Å². The molecule has 3 aromatic rings. The van der Waals surface area contributed by atoms with Gasteiger partial charge in [0.1, 0.15) is 31.4 Å². The van der Waals surface area contributed by atoms with Crippen LogP contribution in [0.2, 0.25) is 0 Å². The monoisotopic (exact) mass is 518 g/mol. The number of allylic oxidation sites excluding steroid dienone is 1. The average molecular weight is 519 g/mol. The van der Waals surface area contributed by atoms with Crippen molar-refractivity contribution < 1.29 is 32.9 Å². The molecule has 196 valence electrons. The Kier molecular flexibility index (Phi) is 7.44. The van der Waals surface area contributed by atoms with Crippen molar-refractivity contribution in [2.24, 2.45) is 0 Å². The fourth-order valence-electron chi connectivity index (χ4n) is 4.50. The Hall–Kier alpha value is -4.53. The predicted octanol–water partition coefficient (Wildman–Crippen LogP) is 4.59. The van der Waals surface area contributed by atoms with Crippen molar-refractivity contribution in [3.63, 3.8) is 0 Å². The lowest BCUT2D eigenvalue weighted by Gasteiger charge is -2.30. The molecule has 2 heterocycles. The van der Waals surface area contributed by atoms with Crippen LogP contribution in [0.5, 0.6) is 17.2 Å². The molecule has 9 heteroatoms. The topological polar surface area (TPSA) is 95.1 Å². The summed E-state index contributed by atoms with van der Waals surface area (Å²) in [4.78, 5) is 26.2. The van der Waals surface area contributed by atoms with Crippen molar-refractivity contribution in [3.8, 4) is 17.2 Å². The van der Waals surface area contributed by atoms with E-state index in [0.29, 0.717) is 54.4 Å². The molecule has 1 unspecified atom stereocenters. The fourth-order valence-corrected chi connectivity index (χ4v) is 4.50. The lowest BCUT2D eigenvalue weighted by molar-refractivity contribution is -0.140. The number of esters is 1. The van der Waals surface area contributed by atoms with Crippen LogP contribution in [0.1, 0.15) is 29.2 Å². The normalized spacial score (nSPS) is 16.4. The highest BCUT2D eigenvalue weighted by Crippen LogP contribution is 2.36. The van der Waals surface area contributed by atoms with Crippen LogP contribution in [-0.2, 0) is 22.6 Å². The summed E-state index contributed by atoms with van der Waals surface area (Å²) < 4.78 is 35.9. The van der Waals surface area contributed by atoms with E-state index in [1.54, 1.807) is 37.4 Å². The number of methoxy groups -OCH3 is 1. The largest absolute Gasteiger partial charge is 0.497 e. The third-order valence-electron chi connectivity index (χ3n) is 6.33. The summed E-state index contributed by atoms with van der Waals surface area (Å²) in [6, 6.07) is 17.5. The summed E-state index contributed by atoms with van der Waals surface area (Å²) >= 11 is 0. The lowest BCUT2D eigenvalue weighted by Crippen LogP contribution is -2.46. The first-order valence-electron chi connectivity index (χ1n) is 12.2. The number of carbonyl (C=O) groups is 2. The minimum Gasteiger partial charge on any atom is -0.497 e. The first kappa shape index (κ1) is 25.1. The van der Waals surface area contributed by atoms with Crippen LogP contribution in [0.4, 0.5) is 9.18 Å². The summed E-state index contributed by atoms with van der Waals surface area (Å²) in [6.07, 6.45) is 0.910. The highest BCUT2D eigenvalue weighted by Gasteiger charge is 2.34. The van der Waals surface area contributed by atoms with Crippen molar-refractivity contribution in [2.75, 3.05) is 20.3 Å². The number of halogens is 1.